The monoisotopic (exact) mass is 290 g/mol. The molecule has 108 valence electrons. The van der Waals surface area contributed by atoms with Crippen LogP contribution >= 0.6 is 0 Å². The van der Waals surface area contributed by atoms with Crippen molar-refractivity contribution in [2.24, 2.45) is 0 Å². The Morgan fingerprint density at radius 2 is 2.05 bits per heavy atom. The summed E-state index contributed by atoms with van der Waals surface area (Å²) in [5, 5.41) is 22.6. The van der Waals surface area contributed by atoms with Crippen LogP contribution in [0.25, 0.3) is 0 Å². The highest BCUT2D eigenvalue weighted by Gasteiger charge is 2.12. The molecule has 0 saturated heterocycles. The molecule has 0 saturated carbocycles. The second kappa shape index (κ2) is 6.00. The van der Waals surface area contributed by atoms with E-state index in [9.17, 15) is 24.4 Å². The molecule has 6 nitrogen and oxygen atoms in total. The Bertz CT molecular complexity index is 703. The van der Waals surface area contributed by atoms with E-state index in [0.29, 0.717) is 5.56 Å². The summed E-state index contributed by atoms with van der Waals surface area (Å²) in [5.41, 5.74) is 0.256. The van der Waals surface area contributed by atoms with Crippen molar-refractivity contribution in [3.63, 3.8) is 0 Å². The lowest BCUT2D eigenvalue weighted by Gasteiger charge is -2.07. The van der Waals surface area contributed by atoms with Gasteiger partial charge in [0, 0.05) is 6.07 Å². The zero-order valence-corrected chi connectivity index (χ0v) is 10.7. The minimum absolute atomic E-state index is 0.0574. The van der Waals surface area contributed by atoms with Crippen LogP contribution < -0.4 is 5.32 Å². The van der Waals surface area contributed by atoms with Crippen molar-refractivity contribution in [2.45, 2.75) is 6.42 Å². The SMILES string of the molecule is O=C(Cc1cccc(F)c1)Nc1ccc([N+](=O)[O-])cc1O. The predicted octanol–water partition coefficient (Wildman–Crippen LogP) is 2.62. The summed E-state index contributed by atoms with van der Waals surface area (Å²) in [6, 6.07) is 8.92. The number of non-ortho nitro benzene ring substituents is 1. The first-order valence-electron chi connectivity index (χ1n) is 5.97. The van der Waals surface area contributed by atoms with E-state index in [1.165, 1.54) is 24.3 Å². The minimum Gasteiger partial charge on any atom is -0.506 e. The number of aromatic hydroxyl groups is 1. The topological polar surface area (TPSA) is 92.5 Å². The molecule has 2 aromatic carbocycles. The Labute approximate surface area is 119 Å². The Balaban J connectivity index is 2.08. The van der Waals surface area contributed by atoms with Crippen molar-refractivity contribution in [3.8, 4) is 5.75 Å². The van der Waals surface area contributed by atoms with E-state index in [0.717, 1.165) is 12.1 Å². The highest BCUT2D eigenvalue weighted by molar-refractivity contribution is 5.93. The summed E-state index contributed by atoms with van der Waals surface area (Å²) >= 11 is 0. The number of anilines is 1. The lowest BCUT2D eigenvalue weighted by Crippen LogP contribution is -2.14. The number of carbonyl (C=O) groups is 1. The molecule has 0 atom stereocenters. The van der Waals surface area contributed by atoms with Crippen LogP contribution in [0.1, 0.15) is 5.56 Å². The van der Waals surface area contributed by atoms with Crippen LogP contribution in [0.5, 0.6) is 5.75 Å². The number of amides is 1. The Morgan fingerprint density at radius 3 is 2.67 bits per heavy atom. The fourth-order valence-electron chi connectivity index (χ4n) is 1.77. The normalized spacial score (nSPS) is 10.1. The Morgan fingerprint density at radius 1 is 1.29 bits per heavy atom. The number of nitrogens with zero attached hydrogens (tertiary/aromatic N) is 1. The molecule has 0 aliphatic heterocycles. The highest BCUT2D eigenvalue weighted by Crippen LogP contribution is 2.27. The van der Waals surface area contributed by atoms with E-state index < -0.39 is 22.4 Å². The number of phenolic OH excluding ortho intramolecular Hbond substituents is 1. The molecule has 2 rings (SSSR count). The van der Waals surface area contributed by atoms with Crippen molar-refractivity contribution in [1.29, 1.82) is 0 Å². The summed E-state index contributed by atoms with van der Waals surface area (Å²) in [6.07, 6.45) is -0.0752. The summed E-state index contributed by atoms with van der Waals surface area (Å²) in [4.78, 5) is 21.7. The average Bonchev–Trinajstić information content (AvgIpc) is 2.40. The molecule has 2 aromatic rings. The third-order valence-electron chi connectivity index (χ3n) is 2.72. The van der Waals surface area contributed by atoms with Crippen LogP contribution in [0.15, 0.2) is 42.5 Å². The van der Waals surface area contributed by atoms with Crippen LogP contribution in [-0.2, 0) is 11.2 Å². The molecule has 1 amide bonds. The number of nitrogens with one attached hydrogen (secondary N) is 1. The molecule has 0 radical (unpaired) electrons. The molecule has 0 bridgehead atoms. The average molecular weight is 290 g/mol. The van der Waals surface area contributed by atoms with Crippen LogP contribution in [0.3, 0.4) is 0 Å². The van der Waals surface area contributed by atoms with Gasteiger partial charge in [-0.05, 0) is 23.8 Å². The van der Waals surface area contributed by atoms with Crippen molar-refractivity contribution >= 4 is 17.3 Å². The van der Waals surface area contributed by atoms with Gasteiger partial charge in [0.25, 0.3) is 5.69 Å². The van der Waals surface area contributed by atoms with Gasteiger partial charge in [-0.15, -0.1) is 0 Å². The highest BCUT2D eigenvalue weighted by atomic mass is 19.1. The molecule has 0 unspecified atom stereocenters. The number of nitro groups is 1. The minimum atomic E-state index is -0.655. The standard InChI is InChI=1S/C14H11FN2O4/c15-10-3-1-2-9(6-10)7-14(19)16-12-5-4-11(17(20)21)8-13(12)18/h1-6,8,18H,7H2,(H,16,19). The molecule has 0 aliphatic rings. The molecule has 0 aromatic heterocycles. The van der Waals surface area contributed by atoms with Gasteiger partial charge in [0.05, 0.1) is 23.1 Å². The second-order valence-electron chi connectivity index (χ2n) is 4.31. The number of nitro benzene ring substituents is 1. The van der Waals surface area contributed by atoms with Crippen molar-refractivity contribution < 1.29 is 19.2 Å². The number of hydrogen-bond acceptors (Lipinski definition) is 4. The van der Waals surface area contributed by atoms with Gasteiger partial charge in [-0.1, -0.05) is 12.1 Å². The summed E-state index contributed by atoms with van der Waals surface area (Å²) < 4.78 is 13.0. The summed E-state index contributed by atoms with van der Waals surface area (Å²) in [7, 11) is 0. The maximum Gasteiger partial charge on any atom is 0.273 e. The Hall–Kier alpha value is -2.96. The number of benzene rings is 2. The maximum atomic E-state index is 13.0. The van der Waals surface area contributed by atoms with E-state index in [2.05, 4.69) is 5.32 Å². The molecule has 0 spiro atoms. The fourth-order valence-corrected chi connectivity index (χ4v) is 1.77. The zero-order chi connectivity index (χ0) is 15.4. The maximum absolute atomic E-state index is 13.0. The van der Waals surface area contributed by atoms with E-state index in [-0.39, 0.29) is 17.8 Å². The molecule has 0 aliphatic carbocycles. The summed E-state index contributed by atoms with van der Waals surface area (Å²) in [5.74, 6) is -1.32. The van der Waals surface area contributed by atoms with Gasteiger partial charge in [-0.3, -0.25) is 14.9 Å². The van der Waals surface area contributed by atoms with Crippen LogP contribution in [0.4, 0.5) is 15.8 Å². The van der Waals surface area contributed by atoms with E-state index in [4.69, 9.17) is 0 Å². The number of halogens is 1. The van der Waals surface area contributed by atoms with Gasteiger partial charge < -0.3 is 10.4 Å². The number of rotatable bonds is 4. The Kier molecular flexibility index (Phi) is 4.13. The number of carbonyl (C=O) groups excluding carboxylic acids is 1. The third kappa shape index (κ3) is 3.75. The van der Waals surface area contributed by atoms with Gasteiger partial charge in [-0.2, -0.15) is 0 Å². The number of phenols is 1. The fraction of sp³-hybridized carbons (Fsp3) is 0.0714. The van der Waals surface area contributed by atoms with E-state index >= 15 is 0 Å². The second-order valence-corrected chi connectivity index (χ2v) is 4.31. The smallest absolute Gasteiger partial charge is 0.273 e. The first kappa shape index (κ1) is 14.4. The van der Waals surface area contributed by atoms with Crippen molar-refractivity contribution in [2.75, 3.05) is 5.32 Å². The van der Waals surface area contributed by atoms with Crippen molar-refractivity contribution in [1.82, 2.24) is 0 Å². The van der Waals surface area contributed by atoms with Crippen LogP contribution in [0, 0.1) is 15.9 Å². The molecule has 0 heterocycles. The molecule has 21 heavy (non-hydrogen) atoms. The number of hydrogen-bond donors (Lipinski definition) is 2. The molecular formula is C14H11FN2O4. The van der Waals surface area contributed by atoms with Gasteiger partial charge in [0.15, 0.2) is 0 Å². The van der Waals surface area contributed by atoms with Crippen molar-refractivity contribution in [3.05, 3.63) is 64.0 Å². The largest absolute Gasteiger partial charge is 0.506 e. The lowest BCUT2D eigenvalue weighted by atomic mass is 10.1. The van der Waals surface area contributed by atoms with Gasteiger partial charge in [0.2, 0.25) is 5.91 Å². The predicted molar refractivity (Wildman–Crippen MR) is 73.5 cm³/mol. The van der Waals surface area contributed by atoms with Gasteiger partial charge in [0.1, 0.15) is 11.6 Å². The third-order valence-corrected chi connectivity index (χ3v) is 2.72. The van der Waals surface area contributed by atoms with E-state index in [1.54, 1.807) is 6.07 Å². The first-order chi connectivity index (χ1) is 9.95. The van der Waals surface area contributed by atoms with Crippen LogP contribution in [0.2, 0.25) is 0 Å². The summed E-state index contributed by atoms with van der Waals surface area (Å²) in [6.45, 7) is 0. The molecule has 2 N–H and O–H groups in total. The van der Waals surface area contributed by atoms with Gasteiger partial charge in [-0.25, -0.2) is 4.39 Å². The molecule has 7 heteroatoms. The molecule has 0 fully saturated rings. The van der Waals surface area contributed by atoms with Gasteiger partial charge >= 0.3 is 0 Å². The van der Waals surface area contributed by atoms with E-state index in [1.807, 2.05) is 0 Å². The first-order valence-corrected chi connectivity index (χ1v) is 5.97. The van der Waals surface area contributed by atoms with Crippen LogP contribution in [-0.4, -0.2) is 15.9 Å². The molecular weight excluding hydrogens is 279 g/mol. The quantitative estimate of drug-likeness (QED) is 0.514. The zero-order valence-electron chi connectivity index (χ0n) is 10.7. The lowest BCUT2D eigenvalue weighted by molar-refractivity contribution is -0.384.